The second-order valence-corrected chi connectivity index (χ2v) is 5.05. The number of halogens is 1. The summed E-state index contributed by atoms with van der Waals surface area (Å²) in [7, 11) is 0. The van der Waals surface area contributed by atoms with Crippen molar-refractivity contribution in [3.8, 4) is 6.07 Å². The third kappa shape index (κ3) is 2.51. The Bertz CT molecular complexity index is 528. The van der Waals surface area contributed by atoms with Crippen LogP contribution in [-0.2, 0) is 0 Å². The molecule has 6 heteroatoms. The lowest BCUT2D eigenvalue weighted by atomic mass is 9.95. The number of aliphatic hydroxyl groups is 1. The first-order valence-corrected chi connectivity index (χ1v) is 6.29. The van der Waals surface area contributed by atoms with Crippen molar-refractivity contribution in [3.63, 3.8) is 0 Å². The monoisotopic (exact) mass is 264 g/mol. The molecule has 102 valence electrons. The second-order valence-electron chi connectivity index (χ2n) is 5.05. The minimum Gasteiger partial charge on any atom is -0.393 e. The highest BCUT2D eigenvalue weighted by atomic mass is 19.1. The van der Waals surface area contributed by atoms with Crippen LogP contribution in [-0.4, -0.2) is 40.7 Å². The summed E-state index contributed by atoms with van der Waals surface area (Å²) in [6.07, 6.45) is 0.955. The van der Waals surface area contributed by atoms with Gasteiger partial charge in [-0.25, -0.2) is 4.39 Å². The van der Waals surface area contributed by atoms with Gasteiger partial charge in [-0.2, -0.15) is 10.4 Å². The number of nitriles is 1. The lowest BCUT2D eigenvalue weighted by molar-refractivity contribution is 0.0565. The van der Waals surface area contributed by atoms with Crippen LogP contribution < -0.4 is 4.90 Å². The van der Waals surface area contributed by atoms with Gasteiger partial charge >= 0.3 is 0 Å². The standard InChI is InChI=1S/C13H17FN4O/c1-9-10(2)16-17-12(11(9)6-15)18-5-3-4-13(14,7-18)8-19/h19H,3-5,7-8H2,1-2H3. The number of piperidine rings is 1. The molecular formula is C13H17FN4O. The molecule has 1 aromatic rings. The molecule has 5 nitrogen and oxygen atoms in total. The van der Waals surface area contributed by atoms with Crippen molar-refractivity contribution in [2.75, 3.05) is 24.6 Å². The Morgan fingerprint density at radius 2 is 2.21 bits per heavy atom. The normalized spacial score (nSPS) is 23.2. The lowest BCUT2D eigenvalue weighted by Crippen LogP contribution is -2.48. The van der Waals surface area contributed by atoms with E-state index in [0.717, 1.165) is 5.56 Å². The topological polar surface area (TPSA) is 73.0 Å². The summed E-state index contributed by atoms with van der Waals surface area (Å²) in [5.74, 6) is 0.417. The smallest absolute Gasteiger partial charge is 0.169 e. The van der Waals surface area contributed by atoms with Crippen LogP contribution in [0.4, 0.5) is 10.2 Å². The van der Waals surface area contributed by atoms with E-state index >= 15 is 0 Å². The van der Waals surface area contributed by atoms with E-state index < -0.39 is 12.3 Å². The number of aryl methyl sites for hydroxylation is 1. The van der Waals surface area contributed by atoms with Crippen LogP contribution in [0, 0.1) is 25.2 Å². The number of hydrogen-bond donors (Lipinski definition) is 1. The minimum atomic E-state index is -1.62. The zero-order valence-corrected chi connectivity index (χ0v) is 11.1. The number of alkyl halides is 1. The van der Waals surface area contributed by atoms with E-state index in [1.807, 2.05) is 6.92 Å². The van der Waals surface area contributed by atoms with Crippen LogP contribution in [0.25, 0.3) is 0 Å². The molecule has 0 radical (unpaired) electrons. The molecule has 1 atom stereocenters. The number of aromatic nitrogens is 2. The van der Waals surface area contributed by atoms with Gasteiger partial charge in [0, 0.05) is 6.54 Å². The molecule has 0 amide bonds. The molecular weight excluding hydrogens is 247 g/mol. The molecule has 0 aliphatic carbocycles. The SMILES string of the molecule is Cc1nnc(N2CCCC(F)(CO)C2)c(C#N)c1C. The van der Waals surface area contributed by atoms with E-state index in [0.29, 0.717) is 36.5 Å². The van der Waals surface area contributed by atoms with Crippen molar-refractivity contribution in [1.29, 1.82) is 5.26 Å². The number of nitrogens with zero attached hydrogens (tertiary/aromatic N) is 4. The van der Waals surface area contributed by atoms with Crippen molar-refractivity contribution in [1.82, 2.24) is 10.2 Å². The van der Waals surface area contributed by atoms with Gasteiger partial charge < -0.3 is 10.0 Å². The summed E-state index contributed by atoms with van der Waals surface area (Å²) in [4.78, 5) is 1.71. The zero-order valence-electron chi connectivity index (χ0n) is 11.1. The fourth-order valence-corrected chi connectivity index (χ4v) is 2.35. The van der Waals surface area contributed by atoms with Gasteiger partial charge in [0.15, 0.2) is 11.5 Å². The number of aliphatic hydroxyl groups excluding tert-OH is 1. The highest BCUT2D eigenvalue weighted by molar-refractivity contribution is 5.58. The van der Waals surface area contributed by atoms with Crippen molar-refractivity contribution in [2.24, 2.45) is 0 Å². The average molecular weight is 264 g/mol. The van der Waals surface area contributed by atoms with Crippen LogP contribution >= 0.6 is 0 Å². The molecule has 0 bridgehead atoms. The lowest BCUT2D eigenvalue weighted by Gasteiger charge is -2.37. The van der Waals surface area contributed by atoms with Gasteiger partial charge in [-0.05, 0) is 32.3 Å². The van der Waals surface area contributed by atoms with E-state index in [9.17, 15) is 9.65 Å². The van der Waals surface area contributed by atoms with Crippen LogP contribution in [0.3, 0.4) is 0 Å². The summed E-state index contributed by atoms with van der Waals surface area (Å²) in [6.45, 7) is 3.76. The summed E-state index contributed by atoms with van der Waals surface area (Å²) >= 11 is 0. The fraction of sp³-hybridized carbons (Fsp3) is 0.615. The molecule has 19 heavy (non-hydrogen) atoms. The molecule has 2 rings (SSSR count). The quantitative estimate of drug-likeness (QED) is 0.870. The highest BCUT2D eigenvalue weighted by Crippen LogP contribution is 2.30. The summed E-state index contributed by atoms with van der Waals surface area (Å²) in [5, 5.41) is 26.4. The maximum atomic E-state index is 14.2. The Balaban J connectivity index is 2.37. The highest BCUT2D eigenvalue weighted by Gasteiger charge is 2.36. The first-order chi connectivity index (χ1) is 9.00. The van der Waals surface area contributed by atoms with E-state index in [1.54, 1.807) is 11.8 Å². The Morgan fingerprint density at radius 3 is 2.84 bits per heavy atom. The van der Waals surface area contributed by atoms with Crippen molar-refractivity contribution in [3.05, 3.63) is 16.8 Å². The van der Waals surface area contributed by atoms with Crippen LogP contribution in [0.1, 0.15) is 29.7 Å². The Morgan fingerprint density at radius 1 is 1.47 bits per heavy atom. The Labute approximate surface area is 111 Å². The molecule has 1 saturated heterocycles. The molecule has 0 aromatic carbocycles. The van der Waals surface area contributed by atoms with Gasteiger partial charge in [0.2, 0.25) is 0 Å². The molecule has 0 spiro atoms. The Kier molecular flexibility index (Phi) is 3.67. The first-order valence-electron chi connectivity index (χ1n) is 6.29. The molecule has 1 aliphatic heterocycles. The molecule has 1 aromatic heterocycles. The fourth-order valence-electron chi connectivity index (χ4n) is 2.35. The summed E-state index contributed by atoms with van der Waals surface area (Å²) in [5.41, 5.74) is 0.290. The predicted molar refractivity (Wildman–Crippen MR) is 68.6 cm³/mol. The molecule has 1 unspecified atom stereocenters. The van der Waals surface area contributed by atoms with E-state index in [2.05, 4.69) is 16.3 Å². The molecule has 1 fully saturated rings. The van der Waals surface area contributed by atoms with E-state index in [1.165, 1.54) is 0 Å². The maximum Gasteiger partial charge on any atom is 0.169 e. The van der Waals surface area contributed by atoms with Gasteiger partial charge in [0.05, 0.1) is 18.8 Å². The first kappa shape index (κ1) is 13.7. The predicted octanol–water partition coefficient (Wildman–Crippen LogP) is 1.27. The average Bonchev–Trinajstić information content (AvgIpc) is 2.41. The van der Waals surface area contributed by atoms with Gasteiger partial charge in [-0.15, -0.1) is 5.10 Å². The molecule has 2 heterocycles. The summed E-state index contributed by atoms with van der Waals surface area (Å²) < 4.78 is 14.2. The van der Waals surface area contributed by atoms with Gasteiger partial charge in [-0.1, -0.05) is 0 Å². The van der Waals surface area contributed by atoms with E-state index in [-0.39, 0.29) is 6.54 Å². The maximum absolute atomic E-state index is 14.2. The van der Waals surface area contributed by atoms with E-state index in [4.69, 9.17) is 5.11 Å². The Hall–Kier alpha value is -1.74. The molecule has 1 N–H and O–H groups in total. The largest absolute Gasteiger partial charge is 0.393 e. The van der Waals surface area contributed by atoms with Crippen LogP contribution in [0.2, 0.25) is 0 Å². The van der Waals surface area contributed by atoms with Crippen LogP contribution in [0.5, 0.6) is 0 Å². The van der Waals surface area contributed by atoms with Crippen LogP contribution in [0.15, 0.2) is 0 Å². The minimum absolute atomic E-state index is 0.0510. The second kappa shape index (κ2) is 5.10. The van der Waals surface area contributed by atoms with Gasteiger partial charge in [0.1, 0.15) is 11.6 Å². The third-order valence-electron chi connectivity index (χ3n) is 3.66. The number of anilines is 1. The third-order valence-corrected chi connectivity index (χ3v) is 3.66. The molecule has 0 saturated carbocycles. The zero-order chi connectivity index (χ0) is 14.0. The van der Waals surface area contributed by atoms with Crippen molar-refractivity contribution >= 4 is 5.82 Å². The van der Waals surface area contributed by atoms with Crippen molar-refractivity contribution in [2.45, 2.75) is 32.4 Å². The molecule has 1 aliphatic rings. The number of rotatable bonds is 2. The number of hydrogen-bond acceptors (Lipinski definition) is 5. The van der Waals surface area contributed by atoms with Gasteiger partial charge in [-0.3, -0.25) is 0 Å². The van der Waals surface area contributed by atoms with Gasteiger partial charge in [0.25, 0.3) is 0 Å². The van der Waals surface area contributed by atoms with Crippen molar-refractivity contribution < 1.29 is 9.50 Å². The summed E-state index contributed by atoms with van der Waals surface area (Å²) in [6, 6.07) is 2.12.